The second-order valence-electron chi connectivity index (χ2n) is 11.2. The Bertz CT molecular complexity index is 1000. The number of amides is 1. The first-order valence-electron chi connectivity index (χ1n) is 15.7. The number of aliphatic imine (C=N–C) groups is 1. The molecule has 2 heterocycles. The molecule has 9 heteroatoms. The minimum atomic E-state index is 0.285. The number of carbonyl (C=O) groups excluding carboxylic acids is 1. The number of nitrogens with two attached hydrogens (primary N) is 2. The van der Waals surface area contributed by atoms with E-state index in [1.165, 1.54) is 5.56 Å². The Morgan fingerprint density at radius 3 is 2.49 bits per heavy atom. The third-order valence-electron chi connectivity index (χ3n) is 7.93. The number of hydrogen-bond donors (Lipinski definition) is 2. The van der Waals surface area contributed by atoms with Gasteiger partial charge in [0, 0.05) is 89.7 Å². The quantitative estimate of drug-likeness (QED) is 0.154. The highest BCUT2D eigenvalue weighted by molar-refractivity contribution is 5.97. The molecule has 2 aliphatic heterocycles. The lowest BCUT2D eigenvalue weighted by Crippen LogP contribution is -2.48. The van der Waals surface area contributed by atoms with Crippen LogP contribution in [-0.2, 0) is 22.6 Å². The van der Waals surface area contributed by atoms with Crippen molar-refractivity contribution in [3.63, 3.8) is 0 Å². The highest BCUT2D eigenvalue weighted by atomic mass is 16.5. The predicted molar refractivity (Wildman–Crippen MR) is 167 cm³/mol. The molecule has 4 N–H and O–H groups in total. The molecule has 0 radical (unpaired) electrons. The number of piperazine rings is 1. The molecule has 0 unspecified atom stereocenters. The second-order valence-corrected chi connectivity index (χ2v) is 11.2. The molecule has 0 spiro atoms. The van der Waals surface area contributed by atoms with Crippen molar-refractivity contribution in [3.05, 3.63) is 40.7 Å². The number of carbonyl (C=O) groups is 1. The number of methoxy groups -OCH3 is 1. The summed E-state index contributed by atoms with van der Waals surface area (Å²) in [4.78, 5) is 23.9. The molecule has 9 nitrogen and oxygen atoms in total. The van der Waals surface area contributed by atoms with Crippen LogP contribution in [0.15, 0.2) is 34.6 Å². The summed E-state index contributed by atoms with van der Waals surface area (Å²) in [7, 11) is 1.73. The maximum absolute atomic E-state index is 12.7. The Labute approximate surface area is 247 Å². The summed E-state index contributed by atoms with van der Waals surface area (Å²) in [6, 6.07) is 6.48. The lowest BCUT2D eigenvalue weighted by atomic mass is 10.1. The van der Waals surface area contributed by atoms with Crippen LogP contribution in [0.5, 0.6) is 5.75 Å². The first kappa shape index (κ1) is 32.7. The summed E-state index contributed by atoms with van der Waals surface area (Å²) in [5, 5.41) is 0. The van der Waals surface area contributed by atoms with Crippen molar-refractivity contribution >= 4 is 11.7 Å². The van der Waals surface area contributed by atoms with E-state index in [9.17, 15) is 4.79 Å². The summed E-state index contributed by atoms with van der Waals surface area (Å²) in [6.07, 6.45) is 8.88. The summed E-state index contributed by atoms with van der Waals surface area (Å²) in [6.45, 7) is 12.4. The molecule has 1 aromatic carbocycles. The van der Waals surface area contributed by atoms with Crippen LogP contribution in [0.4, 0.5) is 0 Å². The lowest BCUT2D eigenvalue weighted by molar-refractivity contribution is -0.133. The number of unbranched alkanes of at least 4 members (excludes halogenated alkanes) is 4. The molecule has 0 bridgehead atoms. The van der Waals surface area contributed by atoms with Gasteiger partial charge in [-0.05, 0) is 37.3 Å². The van der Waals surface area contributed by atoms with E-state index in [1.54, 1.807) is 7.11 Å². The maximum Gasteiger partial charge on any atom is 0.222 e. The SMILES string of the molecule is CCCCCN=C(N)C1=C(N)CCN1Cc1ccc(CN2CCN(C(=O)CCCCCOCCC)CC2)cc1OC. The third-order valence-corrected chi connectivity index (χ3v) is 7.93. The maximum atomic E-state index is 12.7. The van der Waals surface area contributed by atoms with Crippen LogP contribution < -0.4 is 16.2 Å². The number of ether oxygens (including phenoxy) is 2. The average Bonchev–Trinajstić information content (AvgIpc) is 3.35. The van der Waals surface area contributed by atoms with Crippen molar-refractivity contribution in [2.24, 2.45) is 16.5 Å². The Kier molecular flexibility index (Phi) is 14.3. The Balaban J connectivity index is 1.47. The van der Waals surface area contributed by atoms with Gasteiger partial charge in [-0.3, -0.25) is 14.7 Å². The Hall–Kier alpha value is -2.78. The molecule has 1 amide bonds. The largest absolute Gasteiger partial charge is 0.496 e. The van der Waals surface area contributed by atoms with Gasteiger partial charge >= 0.3 is 0 Å². The fraction of sp³-hybridized carbons (Fsp3) is 0.688. The highest BCUT2D eigenvalue weighted by Crippen LogP contribution is 2.28. The first-order valence-corrected chi connectivity index (χ1v) is 15.7. The van der Waals surface area contributed by atoms with Gasteiger partial charge in [0.05, 0.1) is 12.8 Å². The zero-order chi connectivity index (χ0) is 29.5. The Morgan fingerprint density at radius 1 is 0.951 bits per heavy atom. The van der Waals surface area contributed by atoms with E-state index in [1.807, 2.05) is 4.90 Å². The molecule has 0 atom stereocenters. The van der Waals surface area contributed by atoms with Gasteiger partial charge in [-0.2, -0.15) is 0 Å². The van der Waals surface area contributed by atoms with Crippen LogP contribution in [0.1, 0.15) is 82.8 Å². The van der Waals surface area contributed by atoms with Gasteiger partial charge in [0.1, 0.15) is 11.6 Å². The number of rotatable bonds is 18. The van der Waals surface area contributed by atoms with Gasteiger partial charge in [0.2, 0.25) is 5.91 Å². The van der Waals surface area contributed by atoms with Crippen molar-refractivity contribution in [1.82, 2.24) is 14.7 Å². The van der Waals surface area contributed by atoms with Gasteiger partial charge in [-0.25, -0.2) is 0 Å². The van der Waals surface area contributed by atoms with Crippen molar-refractivity contribution in [2.45, 2.75) is 84.7 Å². The predicted octanol–water partition coefficient (Wildman–Crippen LogP) is 4.25. The summed E-state index contributed by atoms with van der Waals surface area (Å²) in [5.74, 6) is 1.70. The van der Waals surface area contributed by atoms with Crippen LogP contribution in [0.3, 0.4) is 0 Å². The third kappa shape index (κ3) is 10.5. The number of hydrogen-bond acceptors (Lipinski definition) is 7. The van der Waals surface area contributed by atoms with Gasteiger partial charge in [-0.15, -0.1) is 0 Å². The molecule has 41 heavy (non-hydrogen) atoms. The van der Waals surface area contributed by atoms with E-state index in [0.717, 1.165) is 133 Å². The van der Waals surface area contributed by atoms with E-state index in [-0.39, 0.29) is 5.91 Å². The Morgan fingerprint density at radius 2 is 1.76 bits per heavy atom. The van der Waals surface area contributed by atoms with Crippen LogP contribution in [-0.4, -0.2) is 86.0 Å². The fourth-order valence-corrected chi connectivity index (χ4v) is 5.51. The molecule has 2 aliphatic rings. The van der Waals surface area contributed by atoms with Crippen molar-refractivity contribution in [1.29, 1.82) is 0 Å². The minimum Gasteiger partial charge on any atom is -0.496 e. The number of amidine groups is 1. The molecule has 1 fully saturated rings. The second kappa shape index (κ2) is 17.9. The summed E-state index contributed by atoms with van der Waals surface area (Å²) >= 11 is 0. The molecule has 0 saturated carbocycles. The molecule has 1 aromatic rings. The minimum absolute atomic E-state index is 0.285. The van der Waals surface area contributed by atoms with Crippen LogP contribution >= 0.6 is 0 Å². The van der Waals surface area contributed by atoms with E-state index >= 15 is 0 Å². The van der Waals surface area contributed by atoms with Crippen LogP contribution in [0.2, 0.25) is 0 Å². The summed E-state index contributed by atoms with van der Waals surface area (Å²) in [5.41, 5.74) is 16.7. The van der Waals surface area contributed by atoms with Crippen molar-refractivity contribution in [2.75, 3.05) is 59.6 Å². The van der Waals surface area contributed by atoms with Gasteiger partial charge in [0.25, 0.3) is 0 Å². The van der Waals surface area contributed by atoms with Gasteiger partial charge in [-0.1, -0.05) is 45.2 Å². The topological polar surface area (TPSA) is 110 Å². The first-order chi connectivity index (χ1) is 20.0. The summed E-state index contributed by atoms with van der Waals surface area (Å²) < 4.78 is 11.3. The highest BCUT2D eigenvalue weighted by Gasteiger charge is 2.25. The molecule has 0 aromatic heterocycles. The monoisotopic (exact) mass is 570 g/mol. The van der Waals surface area contributed by atoms with E-state index in [2.05, 4.69) is 46.8 Å². The average molecular weight is 571 g/mol. The molecule has 3 rings (SSSR count). The van der Waals surface area contributed by atoms with Crippen molar-refractivity contribution in [3.8, 4) is 5.75 Å². The molecule has 230 valence electrons. The smallest absolute Gasteiger partial charge is 0.222 e. The lowest BCUT2D eigenvalue weighted by Gasteiger charge is -2.35. The van der Waals surface area contributed by atoms with Crippen molar-refractivity contribution < 1.29 is 14.3 Å². The zero-order valence-corrected chi connectivity index (χ0v) is 25.8. The van der Waals surface area contributed by atoms with E-state index in [0.29, 0.717) is 18.8 Å². The fourth-order valence-electron chi connectivity index (χ4n) is 5.51. The number of nitrogens with zero attached hydrogens (tertiary/aromatic N) is 4. The zero-order valence-electron chi connectivity index (χ0n) is 25.8. The normalized spacial score (nSPS) is 16.6. The molecule has 1 saturated heterocycles. The molecular formula is C32H54N6O3. The van der Waals surface area contributed by atoms with E-state index < -0.39 is 0 Å². The van der Waals surface area contributed by atoms with Crippen LogP contribution in [0, 0.1) is 0 Å². The molecular weight excluding hydrogens is 516 g/mol. The molecule has 0 aliphatic carbocycles. The van der Waals surface area contributed by atoms with Gasteiger partial charge < -0.3 is 30.7 Å². The van der Waals surface area contributed by atoms with Crippen LogP contribution in [0.25, 0.3) is 0 Å². The van der Waals surface area contributed by atoms with Gasteiger partial charge in [0.15, 0.2) is 0 Å². The van der Waals surface area contributed by atoms with E-state index in [4.69, 9.17) is 20.9 Å². The number of benzene rings is 1. The standard InChI is InChI=1S/C32H54N6O3/c1-4-6-9-15-35-32(34)31-28(33)14-16-38(31)25-27-13-12-26(23-29(27)40-3)24-36-17-19-37(20-18-36)30(39)11-8-7-10-22-41-21-5-2/h12-13,23H,4-11,14-22,24-25,33H2,1-3H3,(H2,34,35).